The van der Waals surface area contributed by atoms with Crippen molar-refractivity contribution in [2.45, 2.75) is 6.61 Å². The van der Waals surface area contributed by atoms with Crippen LogP contribution in [0.4, 0.5) is 5.69 Å². The van der Waals surface area contributed by atoms with Gasteiger partial charge in [-0.05, 0) is 72.4 Å². The summed E-state index contributed by atoms with van der Waals surface area (Å²) < 4.78 is 6.87. The number of para-hydroxylation sites is 1. The van der Waals surface area contributed by atoms with Crippen molar-refractivity contribution >= 4 is 62.1 Å². The number of halogens is 1. The van der Waals surface area contributed by atoms with Crippen molar-refractivity contribution < 1.29 is 9.53 Å². The third-order valence-electron chi connectivity index (χ3n) is 5.34. The average molecular weight is 530 g/mol. The predicted octanol–water partition coefficient (Wildman–Crippen LogP) is 7.32. The van der Waals surface area contributed by atoms with Crippen molar-refractivity contribution in [2.24, 2.45) is 0 Å². The minimum Gasteiger partial charge on any atom is -0.489 e. The van der Waals surface area contributed by atoms with E-state index in [1.807, 2.05) is 66.7 Å². The van der Waals surface area contributed by atoms with Crippen molar-refractivity contribution in [3.63, 3.8) is 0 Å². The maximum absolute atomic E-state index is 12.6. The third-order valence-corrected chi connectivity index (χ3v) is 6.93. The molecule has 1 amide bonds. The molecular weight excluding hydrogens is 510 g/mol. The molecular formula is C28H20ClN3O2S2. The fourth-order valence-corrected chi connectivity index (χ4v) is 5.08. The molecule has 5 aromatic rings. The largest absolute Gasteiger partial charge is 0.489 e. The number of thiazole rings is 1. The Labute approximate surface area is 222 Å². The molecule has 0 atom stereocenters. The van der Waals surface area contributed by atoms with E-state index in [-0.39, 0.29) is 11.0 Å². The van der Waals surface area contributed by atoms with Gasteiger partial charge in [-0.25, -0.2) is 4.98 Å². The van der Waals surface area contributed by atoms with Gasteiger partial charge in [0, 0.05) is 16.8 Å². The Morgan fingerprint density at radius 2 is 1.69 bits per heavy atom. The van der Waals surface area contributed by atoms with Crippen molar-refractivity contribution in [1.82, 2.24) is 10.3 Å². The van der Waals surface area contributed by atoms with Gasteiger partial charge in [0.15, 0.2) is 5.11 Å². The molecule has 0 unspecified atom stereocenters. The molecule has 8 heteroatoms. The number of ether oxygens (including phenoxy) is 1. The van der Waals surface area contributed by atoms with Gasteiger partial charge in [-0.2, -0.15) is 0 Å². The normalized spacial score (nSPS) is 10.7. The zero-order chi connectivity index (χ0) is 24.9. The van der Waals surface area contributed by atoms with Gasteiger partial charge in [-0.1, -0.05) is 54.1 Å². The lowest BCUT2D eigenvalue weighted by molar-refractivity contribution is 0.0977. The van der Waals surface area contributed by atoms with Crippen LogP contribution in [0.25, 0.3) is 20.8 Å². The number of amides is 1. The van der Waals surface area contributed by atoms with Gasteiger partial charge in [0.1, 0.15) is 17.4 Å². The van der Waals surface area contributed by atoms with Crippen molar-refractivity contribution in [3.05, 3.63) is 113 Å². The molecule has 0 fully saturated rings. The standard InChI is InChI=1S/C28H20ClN3O2S2/c29-23-16-20(12-15-22(23)27-31-24-8-4-5-9-25(24)36-27)30-28(35)32-26(33)19-10-13-21(14-11-19)34-17-18-6-2-1-3-7-18/h1-16H,17H2,(H2,30,32,33,35). The van der Waals surface area contributed by atoms with E-state index in [0.29, 0.717) is 28.6 Å². The molecule has 36 heavy (non-hydrogen) atoms. The van der Waals surface area contributed by atoms with Gasteiger partial charge < -0.3 is 10.1 Å². The van der Waals surface area contributed by atoms with E-state index in [0.717, 1.165) is 26.4 Å². The first-order valence-electron chi connectivity index (χ1n) is 11.1. The highest BCUT2D eigenvalue weighted by Crippen LogP contribution is 2.35. The maximum atomic E-state index is 12.6. The third kappa shape index (κ3) is 5.71. The zero-order valence-corrected chi connectivity index (χ0v) is 21.3. The number of benzene rings is 4. The van der Waals surface area contributed by atoms with Crippen LogP contribution in [-0.4, -0.2) is 16.0 Å². The highest BCUT2D eigenvalue weighted by Gasteiger charge is 2.12. The van der Waals surface area contributed by atoms with Crippen LogP contribution in [0.3, 0.4) is 0 Å². The quantitative estimate of drug-likeness (QED) is 0.226. The van der Waals surface area contributed by atoms with E-state index < -0.39 is 0 Å². The highest BCUT2D eigenvalue weighted by atomic mass is 35.5. The molecule has 0 spiro atoms. The van der Waals surface area contributed by atoms with Gasteiger partial charge in [0.05, 0.1) is 15.2 Å². The summed E-state index contributed by atoms with van der Waals surface area (Å²) in [6.07, 6.45) is 0. The zero-order valence-electron chi connectivity index (χ0n) is 18.9. The van der Waals surface area contributed by atoms with Crippen LogP contribution in [0.2, 0.25) is 5.02 Å². The molecule has 0 saturated heterocycles. The number of fused-ring (bicyclic) bond motifs is 1. The van der Waals surface area contributed by atoms with E-state index in [2.05, 4.69) is 15.6 Å². The van der Waals surface area contributed by atoms with Gasteiger partial charge in [0.2, 0.25) is 0 Å². The first-order valence-corrected chi connectivity index (χ1v) is 12.7. The number of rotatable bonds is 6. The first-order chi connectivity index (χ1) is 17.5. The van der Waals surface area contributed by atoms with Gasteiger partial charge in [-0.3, -0.25) is 10.1 Å². The van der Waals surface area contributed by atoms with Crippen LogP contribution in [0, 0.1) is 0 Å². The Hall–Kier alpha value is -3.78. The van der Waals surface area contributed by atoms with Gasteiger partial charge >= 0.3 is 0 Å². The molecule has 1 heterocycles. The van der Waals surface area contributed by atoms with E-state index in [9.17, 15) is 4.79 Å². The van der Waals surface area contributed by atoms with Crippen LogP contribution < -0.4 is 15.4 Å². The number of hydrogen-bond donors (Lipinski definition) is 2. The van der Waals surface area contributed by atoms with Crippen LogP contribution in [-0.2, 0) is 6.61 Å². The molecule has 5 nitrogen and oxygen atoms in total. The number of anilines is 1. The fourth-order valence-electron chi connectivity index (χ4n) is 3.53. The lowest BCUT2D eigenvalue weighted by atomic mass is 10.2. The summed E-state index contributed by atoms with van der Waals surface area (Å²) in [6.45, 7) is 0.459. The van der Waals surface area contributed by atoms with Gasteiger partial charge in [-0.15, -0.1) is 11.3 Å². The topological polar surface area (TPSA) is 63.2 Å². The predicted molar refractivity (Wildman–Crippen MR) is 151 cm³/mol. The molecule has 0 aliphatic rings. The fraction of sp³-hybridized carbons (Fsp3) is 0.0357. The number of carbonyl (C=O) groups excluding carboxylic acids is 1. The van der Waals surface area contributed by atoms with Crippen molar-refractivity contribution in [2.75, 3.05) is 5.32 Å². The average Bonchev–Trinajstić information content (AvgIpc) is 3.32. The lowest BCUT2D eigenvalue weighted by Gasteiger charge is -2.11. The Kier molecular flexibility index (Phi) is 7.23. The van der Waals surface area contributed by atoms with Crippen molar-refractivity contribution in [3.8, 4) is 16.3 Å². The monoisotopic (exact) mass is 529 g/mol. The minimum atomic E-state index is -0.320. The summed E-state index contributed by atoms with van der Waals surface area (Å²) in [5.41, 5.74) is 3.99. The molecule has 0 radical (unpaired) electrons. The van der Waals surface area contributed by atoms with Gasteiger partial charge in [0.25, 0.3) is 5.91 Å². The highest BCUT2D eigenvalue weighted by molar-refractivity contribution is 7.80. The minimum absolute atomic E-state index is 0.174. The van der Waals surface area contributed by atoms with Crippen LogP contribution in [0.1, 0.15) is 15.9 Å². The van der Waals surface area contributed by atoms with Crippen molar-refractivity contribution in [1.29, 1.82) is 0 Å². The smallest absolute Gasteiger partial charge is 0.257 e. The summed E-state index contributed by atoms with van der Waals surface area (Å²) in [4.78, 5) is 17.3. The molecule has 0 aliphatic carbocycles. The first kappa shape index (κ1) is 23.9. The molecule has 2 N–H and O–H groups in total. The molecule has 5 rings (SSSR count). The van der Waals surface area contributed by atoms with E-state index in [1.54, 1.807) is 41.7 Å². The molecule has 0 saturated carbocycles. The number of carbonyl (C=O) groups is 1. The molecule has 1 aromatic heterocycles. The second-order valence-electron chi connectivity index (χ2n) is 7.89. The molecule has 4 aromatic carbocycles. The second-order valence-corrected chi connectivity index (χ2v) is 9.73. The lowest BCUT2D eigenvalue weighted by Crippen LogP contribution is -2.34. The number of thiocarbonyl (C=S) groups is 1. The summed E-state index contributed by atoms with van der Waals surface area (Å²) in [6, 6.07) is 30.3. The number of aromatic nitrogens is 1. The number of nitrogens with zero attached hydrogens (tertiary/aromatic N) is 1. The summed E-state index contributed by atoms with van der Waals surface area (Å²) in [5, 5.41) is 7.27. The summed E-state index contributed by atoms with van der Waals surface area (Å²) in [7, 11) is 0. The van der Waals surface area contributed by atoms with E-state index in [4.69, 9.17) is 28.6 Å². The van der Waals surface area contributed by atoms with Crippen LogP contribution in [0.15, 0.2) is 97.1 Å². The summed E-state index contributed by atoms with van der Waals surface area (Å²) in [5.74, 6) is 0.360. The Bertz CT molecular complexity index is 1500. The second kappa shape index (κ2) is 10.9. The molecule has 0 bridgehead atoms. The van der Waals surface area contributed by atoms with E-state index in [1.165, 1.54) is 0 Å². The van der Waals surface area contributed by atoms with E-state index >= 15 is 0 Å². The SMILES string of the molecule is O=C(NC(=S)Nc1ccc(-c2nc3ccccc3s2)c(Cl)c1)c1ccc(OCc2ccccc2)cc1. The summed E-state index contributed by atoms with van der Waals surface area (Å²) >= 11 is 13.5. The van der Waals surface area contributed by atoms with Crippen LogP contribution in [0.5, 0.6) is 5.75 Å². The van der Waals surface area contributed by atoms with Crippen LogP contribution >= 0.6 is 35.2 Å². The number of hydrogen-bond acceptors (Lipinski definition) is 5. The maximum Gasteiger partial charge on any atom is 0.257 e. The molecule has 178 valence electrons. The Morgan fingerprint density at radius 3 is 2.44 bits per heavy atom. The Balaban J connectivity index is 1.18. The molecule has 0 aliphatic heterocycles. The number of nitrogens with one attached hydrogen (secondary N) is 2. The Morgan fingerprint density at radius 1 is 0.944 bits per heavy atom.